The number of carboxylic acid groups (broad SMARTS) is 1. The lowest BCUT2D eigenvalue weighted by Crippen LogP contribution is -2.09. The van der Waals surface area contributed by atoms with Gasteiger partial charge in [0.25, 0.3) is 0 Å². The molecule has 0 radical (unpaired) electrons. The third-order valence-electron chi connectivity index (χ3n) is 2.37. The number of aryl methyl sites for hydroxylation is 1. The molecule has 0 spiro atoms. The molecule has 1 N–H and O–H groups in total. The molecule has 94 valence electrons. The third-order valence-corrected chi connectivity index (χ3v) is 2.37. The van der Waals surface area contributed by atoms with Crippen molar-refractivity contribution in [1.29, 1.82) is 0 Å². The quantitative estimate of drug-likeness (QED) is 0.833. The molecule has 18 heavy (non-hydrogen) atoms. The van der Waals surface area contributed by atoms with Crippen LogP contribution in [0.4, 0.5) is 0 Å². The Morgan fingerprint density at radius 1 is 1.33 bits per heavy atom. The van der Waals surface area contributed by atoms with Gasteiger partial charge in [0.15, 0.2) is 5.82 Å². The zero-order chi connectivity index (χ0) is 12.8. The number of hydrogen-bond acceptors (Lipinski definition) is 4. The fourth-order valence-corrected chi connectivity index (χ4v) is 1.46. The van der Waals surface area contributed by atoms with Gasteiger partial charge < -0.3 is 14.4 Å². The topological polar surface area (TPSA) is 77.2 Å². The Kier molecular flexibility index (Phi) is 3.90. The van der Waals surface area contributed by atoms with Crippen molar-refractivity contribution < 1.29 is 14.6 Å². The second kappa shape index (κ2) is 5.81. The fraction of sp³-hybridized carbons (Fsp3) is 0.250. The zero-order valence-electron chi connectivity index (χ0n) is 9.69. The lowest BCUT2D eigenvalue weighted by Gasteiger charge is -2.07. The normalized spacial score (nSPS) is 10.2. The summed E-state index contributed by atoms with van der Waals surface area (Å²) in [6.45, 7) is 0.611. The molecular weight excluding hydrogens is 234 g/mol. The monoisotopic (exact) mass is 247 g/mol. The number of para-hydroxylation sites is 1. The smallest absolute Gasteiger partial charge is 0.305 e. The van der Waals surface area contributed by atoms with Gasteiger partial charge in [-0.1, -0.05) is 18.2 Å². The van der Waals surface area contributed by atoms with Crippen molar-refractivity contribution in [2.24, 2.45) is 0 Å². The molecule has 2 aromatic rings. The Morgan fingerprint density at radius 2 is 2.11 bits per heavy atom. The van der Waals surface area contributed by atoms with E-state index in [1.807, 2.05) is 30.3 Å². The van der Waals surface area contributed by atoms with Crippen molar-refractivity contribution >= 4 is 5.97 Å². The van der Waals surface area contributed by atoms with Crippen molar-refractivity contribution in [2.45, 2.75) is 19.6 Å². The molecule has 0 saturated carbocycles. The first-order chi connectivity index (χ1) is 8.75. The summed E-state index contributed by atoms with van der Waals surface area (Å²) >= 11 is 0. The molecule has 0 unspecified atom stereocenters. The second-order valence-corrected chi connectivity index (χ2v) is 3.69. The Balaban J connectivity index is 1.93. The standard InChI is InChI=1S/C12H13N3O3/c16-12(17)6-7-15-9-13-14-11(15)8-18-10-4-2-1-3-5-10/h1-5,9H,6-8H2,(H,16,17). The number of hydrogen-bond donors (Lipinski definition) is 1. The van der Waals surface area contributed by atoms with E-state index < -0.39 is 5.97 Å². The Hall–Kier alpha value is -2.37. The number of aliphatic carboxylic acids is 1. The molecule has 0 saturated heterocycles. The summed E-state index contributed by atoms with van der Waals surface area (Å²) in [5.74, 6) is 0.504. The molecule has 6 heteroatoms. The highest BCUT2D eigenvalue weighted by Gasteiger charge is 2.06. The van der Waals surface area contributed by atoms with E-state index >= 15 is 0 Å². The molecule has 1 aromatic carbocycles. The van der Waals surface area contributed by atoms with Gasteiger partial charge in [0.05, 0.1) is 6.42 Å². The number of carboxylic acids is 1. The van der Waals surface area contributed by atoms with E-state index in [1.165, 1.54) is 6.33 Å². The highest BCUT2D eigenvalue weighted by molar-refractivity contribution is 5.66. The predicted molar refractivity (Wildman–Crippen MR) is 63.0 cm³/mol. The average molecular weight is 247 g/mol. The van der Waals surface area contributed by atoms with Gasteiger partial charge in [-0.2, -0.15) is 0 Å². The maximum absolute atomic E-state index is 10.5. The van der Waals surface area contributed by atoms with E-state index in [2.05, 4.69) is 10.2 Å². The van der Waals surface area contributed by atoms with Crippen LogP contribution in [0.5, 0.6) is 5.75 Å². The van der Waals surface area contributed by atoms with E-state index in [1.54, 1.807) is 4.57 Å². The minimum Gasteiger partial charge on any atom is -0.486 e. The van der Waals surface area contributed by atoms with Gasteiger partial charge in [-0.15, -0.1) is 10.2 Å². The van der Waals surface area contributed by atoms with Crippen LogP contribution in [-0.4, -0.2) is 25.8 Å². The maximum atomic E-state index is 10.5. The summed E-state index contributed by atoms with van der Waals surface area (Å²) in [5, 5.41) is 16.3. The Bertz CT molecular complexity index is 510. The number of nitrogens with zero attached hydrogens (tertiary/aromatic N) is 3. The third kappa shape index (κ3) is 3.31. The lowest BCUT2D eigenvalue weighted by molar-refractivity contribution is -0.137. The molecule has 1 aromatic heterocycles. The first-order valence-electron chi connectivity index (χ1n) is 5.52. The van der Waals surface area contributed by atoms with Gasteiger partial charge in [-0.25, -0.2) is 0 Å². The minimum absolute atomic E-state index is 0.0381. The van der Waals surface area contributed by atoms with E-state index in [4.69, 9.17) is 9.84 Å². The molecule has 2 rings (SSSR count). The number of aromatic nitrogens is 3. The molecule has 0 aliphatic rings. The van der Waals surface area contributed by atoms with Gasteiger partial charge >= 0.3 is 5.97 Å². The van der Waals surface area contributed by atoms with E-state index in [-0.39, 0.29) is 13.0 Å². The molecular formula is C12H13N3O3. The van der Waals surface area contributed by atoms with E-state index in [9.17, 15) is 4.79 Å². The van der Waals surface area contributed by atoms with Crippen LogP contribution in [0.3, 0.4) is 0 Å². The largest absolute Gasteiger partial charge is 0.486 e. The van der Waals surface area contributed by atoms with E-state index in [0.717, 1.165) is 5.75 Å². The van der Waals surface area contributed by atoms with Crippen LogP contribution in [0.1, 0.15) is 12.2 Å². The van der Waals surface area contributed by atoms with Gasteiger partial charge in [0.1, 0.15) is 18.7 Å². The fourth-order valence-electron chi connectivity index (χ4n) is 1.46. The van der Waals surface area contributed by atoms with Crippen molar-refractivity contribution in [1.82, 2.24) is 14.8 Å². The SMILES string of the molecule is O=C(O)CCn1cnnc1COc1ccccc1. The van der Waals surface area contributed by atoms with Crippen molar-refractivity contribution in [3.8, 4) is 5.75 Å². The summed E-state index contributed by atoms with van der Waals surface area (Å²) in [7, 11) is 0. The second-order valence-electron chi connectivity index (χ2n) is 3.69. The van der Waals surface area contributed by atoms with Crippen LogP contribution in [0, 0.1) is 0 Å². The lowest BCUT2D eigenvalue weighted by atomic mass is 10.3. The Morgan fingerprint density at radius 3 is 2.83 bits per heavy atom. The summed E-state index contributed by atoms with van der Waals surface area (Å²) in [4.78, 5) is 10.5. The first kappa shape index (κ1) is 12.1. The van der Waals surface area contributed by atoms with Crippen LogP contribution in [0.2, 0.25) is 0 Å². The molecule has 0 aliphatic carbocycles. The van der Waals surface area contributed by atoms with Crippen LogP contribution in [-0.2, 0) is 17.9 Å². The van der Waals surface area contributed by atoms with Crippen LogP contribution in [0.15, 0.2) is 36.7 Å². The van der Waals surface area contributed by atoms with Crippen LogP contribution < -0.4 is 4.74 Å². The summed E-state index contributed by atoms with van der Waals surface area (Å²) in [5.41, 5.74) is 0. The highest BCUT2D eigenvalue weighted by atomic mass is 16.5. The minimum atomic E-state index is -0.848. The van der Waals surface area contributed by atoms with Gasteiger partial charge in [-0.3, -0.25) is 4.79 Å². The maximum Gasteiger partial charge on any atom is 0.305 e. The molecule has 6 nitrogen and oxygen atoms in total. The van der Waals surface area contributed by atoms with Gasteiger partial charge in [0, 0.05) is 6.54 Å². The molecule has 0 fully saturated rings. The van der Waals surface area contributed by atoms with Crippen molar-refractivity contribution in [3.63, 3.8) is 0 Å². The van der Waals surface area contributed by atoms with Crippen LogP contribution in [0.25, 0.3) is 0 Å². The average Bonchev–Trinajstić information content (AvgIpc) is 2.82. The van der Waals surface area contributed by atoms with Crippen molar-refractivity contribution in [3.05, 3.63) is 42.5 Å². The van der Waals surface area contributed by atoms with E-state index in [0.29, 0.717) is 12.4 Å². The molecule has 0 amide bonds. The Labute approximate surface area is 104 Å². The summed E-state index contributed by atoms with van der Waals surface area (Å²) in [6, 6.07) is 9.35. The highest BCUT2D eigenvalue weighted by Crippen LogP contribution is 2.10. The molecule has 1 heterocycles. The van der Waals surface area contributed by atoms with Gasteiger partial charge in [-0.05, 0) is 12.1 Å². The summed E-state index contributed by atoms with van der Waals surface area (Å²) < 4.78 is 7.20. The molecule has 0 atom stereocenters. The first-order valence-corrected chi connectivity index (χ1v) is 5.52. The predicted octanol–water partition coefficient (Wildman–Crippen LogP) is 1.33. The number of ether oxygens (including phenoxy) is 1. The number of carbonyl (C=O) groups is 1. The number of rotatable bonds is 6. The number of benzene rings is 1. The summed E-state index contributed by atoms with van der Waals surface area (Å²) in [6.07, 6.45) is 1.54. The molecule has 0 aliphatic heterocycles. The van der Waals surface area contributed by atoms with Crippen LogP contribution >= 0.6 is 0 Å². The molecule has 0 bridgehead atoms. The van der Waals surface area contributed by atoms with Crippen molar-refractivity contribution in [2.75, 3.05) is 0 Å². The van der Waals surface area contributed by atoms with Gasteiger partial charge in [0.2, 0.25) is 0 Å². The zero-order valence-corrected chi connectivity index (χ0v) is 9.69.